The first kappa shape index (κ1) is 20.5. The minimum atomic E-state index is -4.37. The van der Waals surface area contributed by atoms with E-state index in [4.69, 9.17) is 4.74 Å². The molecule has 0 heterocycles. The SMILES string of the molecule is CNCCCC(=O)Nc1ccc(OCC(F)(F)F)c(C)c1.Cl. The summed E-state index contributed by atoms with van der Waals surface area (Å²) in [5.74, 6) is 0.0223. The summed E-state index contributed by atoms with van der Waals surface area (Å²) in [6, 6.07) is 4.53. The lowest BCUT2D eigenvalue weighted by Gasteiger charge is -2.13. The molecule has 0 unspecified atom stereocenters. The van der Waals surface area contributed by atoms with Crippen LogP contribution in [0, 0.1) is 6.92 Å². The zero-order valence-corrected chi connectivity index (χ0v) is 13.2. The number of carbonyl (C=O) groups is 1. The Morgan fingerprint density at radius 2 is 2.00 bits per heavy atom. The molecule has 0 saturated carbocycles. The van der Waals surface area contributed by atoms with Crippen LogP contribution in [0.1, 0.15) is 18.4 Å². The van der Waals surface area contributed by atoms with Gasteiger partial charge in [-0.2, -0.15) is 13.2 Å². The average molecular weight is 341 g/mol. The molecule has 2 N–H and O–H groups in total. The molecule has 0 bridgehead atoms. The Bertz CT molecular complexity index is 482. The van der Waals surface area contributed by atoms with Crippen molar-refractivity contribution >= 4 is 24.0 Å². The van der Waals surface area contributed by atoms with E-state index in [1.54, 1.807) is 20.0 Å². The summed E-state index contributed by atoms with van der Waals surface area (Å²) in [6.45, 7) is 1.04. The van der Waals surface area contributed by atoms with Crippen molar-refractivity contribution in [2.75, 3.05) is 25.5 Å². The van der Waals surface area contributed by atoms with Crippen LogP contribution >= 0.6 is 12.4 Å². The standard InChI is InChI=1S/C14H19F3N2O2.ClH/c1-10-8-11(19-13(20)4-3-7-18-2)5-6-12(10)21-9-14(15,16)17;/h5-6,8,18H,3-4,7,9H2,1-2H3,(H,19,20);1H. The van der Waals surface area contributed by atoms with E-state index in [0.29, 0.717) is 24.1 Å². The molecule has 0 saturated heterocycles. The zero-order valence-electron chi connectivity index (χ0n) is 12.4. The van der Waals surface area contributed by atoms with Gasteiger partial charge in [-0.15, -0.1) is 12.4 Å². The highest BCUT2D eigenvalue weighted by molar-refractivity contribution is 5.90. The molecule has 0 aromatic heterocycles. The van der Waals surface area contributed by atoms with E-state index in [1.807, 2.05) is 0 Å². The van der Waals surface area contributed by atoms with E-state index >= 15 is 0 Å². The number of alkyl halides is 3. The van der Waals surface area contributed by atoms with Gasteiger partial charge in [0.2, 0.25) is 5.91 Å². The second kappa shape index (κ2) is 9.53. The van der Waals surface area contributed by atoms with Crippen LogP contribution in [0.15, 0.2) is 18.2 Å². The number of rotatable bonds is 7. The Labute approximate surface area is 133 Å². The van der Waals surface area contributed by atoms with E-state index in [0.717, 1.165) is 6.54 Å². The van der Waals surface area contributed by atoms with Crippen molar-refractivity contribution in [2.24, 2.45) is 0 Å². The summed E-state index contributed by atoms with van der Waals surface area (Å²) in [4.78, 5) is 11.6. The number of hydrogen-bond acceptors (Lipinski definition) is 3. The Balaban J connectivity index is 0.00000441. The molecule has 0 fully saturated rings. The first-order valence-electron chi connectivity index (χ1n) is 6.56. The molecule has 0 atom stereocenters. The van der Waals surface area contributed by atoms with Crippen molar-refractivity contribution in [3.8, 4) is 5.75 Å². The van der Waals surface area contributed by atoms with Crippen molar-refractivity contribution in [3.63, 3.8) is 0 Å². The Kier molecular flexibility index (Phi) is 8.89. The number of hydrogen-bond donors (Lipinski definition) is 2. The van der Waals surface area contributed by atoms with Gasteiger partial charge in [-0.25, -0.2) is 0 Å². The summed E-state index contributed by atoms with van der Waals surface area (Å²) in [7, 11) is 1.81. The van der Waals surface area contributed by atoms with Gasteiger partial charge in [-0.05, 0) is 50.7 Å². The number of carbonyl (C=O) groups excluding carboxylic acids is 1. The van der Waals surface area contributed by atoms with Gasteiger partial charge >= 0.3 is 6.18 Å². The lowest BCUT2D eigenvalue weighted by atomic mass is 10.2. The third-order valence-electron chi connectivity index (χ3n) is 2.68. The topological polar surface area (TPSA) is 50.4 Å². The molecule has 0 spiro atoms. The van der Waals surface area contributed by atoms with Crippen LogP contribution in [-0.2, 0) is 4.79 Å². The number of nitrogens with one attached hydrogen (secondary N) is 2. The van der Waals surface area contributed by atoms with E-state index in [1.165, 1.54) is 12.1 Å². The lowest BCUT2D eigenvalue weighted by molar-refractivity contribution is -0.153. The van der Waals surface area contributed by atoms with Crippen molar-refractivity contribution < 1.29 is 22.7 Å². The van der Waals surface area contributed by atoms with Crippen molar-refractivity contribution in [3.05, 3.63) is 23.8 Å². The fourth-order valence-corrected chi connectivity index (χ4v) is 1.70. The van der Waals surface area contributed by atoms with Gasteiger partial charge in [-0.1, -0.05) is 0 Å². The monoisotopic (exact) mass is 340 g/mol. The van der Waals surface area contributed by atoms with Crippen molar-refractivity contribution in [1.29, 1.82) is 0 Å². The molecule has 22 heavy (non-hydrogen) atoms. The molecule has 1 aromatic rings. The van der Waals surface area contributed by atoms with Gasteiger partial charge in [0, 0.05) is 12.1 Å². The van der Waals surface area contributed by atoms with Gasteiger partial charge in [0.1, 0.15) is 5.75 Å². The number of amides is 1. The molecular weight excluding hydrogens is 321 g/mol. The van der Waals surface area contributed by atoms with Gasteiger partial charge in [0.25, 0.3) is 0 Å². The van der Waals surface area contributed by atoms with Gasteiger partial charge in [0.15, 0.2) is 6.61 Å². The molecule has 1 aromatic carbocycles. The third kappa shape index (κ3) is 8.09. The van der Waals surface area contributed by atoms with E-state index < -0.39 is 12.8 Å². The quantitative estimate of drug-likeness (QED) is 0.749. The van der Waals surface area contributed by atoms with Gasteiger partial charge in [0.05, 0.1) is 0 Å². The molecule has 0 radical (unpaired) electrons. The predicted octanol–water partition coefficient (Wildman–Crippen LogP) is 3.30. The van der Waals surface area contributed by atoms with E-state index in [2.05, 4.69) is 10.6 Å². The number of anilines is 1. The van der Waals surface area contributed by atoms with Crippen LogP contribution in [-0.4, -0.2) is 32.3 Å². The molecule has 0 aliphatic heterocycles. The summed E-state index contributed by atoms with van der Waals surface area (Å²) >= 11 is 0. The molecule has 1 amide bonds. The third-order valence-corrected chi connectivity index (χ3v) is 2.68. The smallest absolute Gasteiger partial charge is 0.422 e. The lowest BCUT2D eigenvalue weighted by Crippen LogP contribution is -2.19. The molecular formula is C14H20ClF3N2O2. The van der Waals surface area contributed by atoms with Crippen molar-refractivity contribution in [1.82, 2.24) is 5.32 Å². The van der Waals surface area contributed by atoms with Crippen molar-refractivity contribution in [2.45, 2.75) is 25.9 Å². The Morgan fingerprint density at radius 3 is 2.55 bits per heavy atom. The fourth-order valence-electron chi connectivity index (χ4n) is 1.70. The zero-order chi connectivity index (χ0) is 15.9. The van der Waals surface area contributed by atoms with Crippen LogP contribution < -0.4 is 15.4 Å². The average Bonchev–Trinajstić information content (AvgIpc) is 2.37. The minimum absolute atomic E-state index is 0. The highest BCUT2D eigenvalue weighted by atomic mass is 35.5. The van der Waals surface area contributed by atoms with E-state index in [-0.39, 0.29) is 24.1 Å². The maximum atomic E-state index is 12.1. The number of benzene rings is 1. The normalized spacial score (nSPS) is 10.8. The highest BCUT2D eigenvalue weighted by Crippen LogP contribution is 2.24. The Hall–Kier alpha value is -1.47. The van der Waals surface area contributed by atoms with Crippen LogP contribution in [0.2, 0.25) is 0 Å². The second-order valence-electron chi connectivity index (χ2n) is 4.64. The second-order valence-corrected chi connectivity index (χ2v) is 4.64. The predicted molar refractivity (Wildman–Crippen MR) is 81.8 cm³/mol. The summed E-state index contributed by atoms with van der Waals surface area (Å²) in [5.41, 5.74) is 1.08. The molecule has 0 aliphatic carbocycles. The number of aryl methyl sites for hydroxylation is 1. The maximum Gasteiger partial charge on any atom is 0.422 e. The largest absolute Gasteiger partial charge is 0.484 e. The molecule has 1 rings (SSSR count). The molecule has 8 heteroatoms. The molecule has 4 nitrogen and oxygen atoms in total. The number of ether oxygens (including phenoxy) is 1. The number of halogens is 4. The van der Waals surface area contributed by atoms with Gasteiger partial charge < -0.3 is 15.4 Å². The maximum absolute atomic E-state index is 12.1. The molecule has 0 aliphatic rings. The summed E-state index contributed by atoms with van der Waals surface area (Å²) in [5, 5.41) is 5.64. The van der Waals surface area contributed by atoms with E-state index in [9.17, 15) is 18.0 Å². The molecule has 126 valence electrons. The van der Waals surface area contributed by atoms with Crippen LogP contribution in [0.25, 0.3) is 0 Å². The fraction of sp³-hybridized carbons (Fsp3) is 0.500. The first-order valence-corrected chi connectivity index (χ1v) is 6.56. The van der Waals surface area contributed by atoms with Crippen LogP contribution in [0.5, 0.6) is 5.75 Å². The minimum Gasteiger partial charge on any atom is -0.484 e. The Morgan fingerprint density at radius 1 is 1.32 bits per heavy atom. The van der Waals surface area contributed by atoms with Crippen LogP contribution in [0.4, 0.5) is 18.9 Å². The summed E-state index contributed by atoms with van der Waals surface area (Å²) in [6.07, 6.45) is -3.27. The first-order chi connectivity index (χ1) is 9.81. The van der Waals surface area contributed by atoms with Crippen LogP contribution in [0.3, 0.4) is 0 Å². The van der Waals surface area contributed by atoms with Gasteiger partial charge in [-0.3, -0.25) is 4.79 Å². The highest BCUT2D eigenvalue weighted by Gasteiger charge is 2.28. The summed E-state index contributed by atoms with van der Waals surface area (Å²) < 4.78 is 40.9.